The summed E-state index contributed by atoms with van der Waals surface area (Å²) in [5.41, 5.74) is 0. The van der Waals surface area contributed by atoms with Gasteiger partial charge in [-0.15, -0.1) is 0 Å². The standard InChI is InChI=1S/C82H160N4O9/c1-6-11-16-21-26-27-28-39-54-73-93-80(90)60-49-41-51-64-83(63-50-37-29-35-47-61-81(91)94-77(55-42-31-22-17-12-7-2)56-43-32-23-18-13-8-3)67-68-84-69-71-85(72-70-84)74-76(75-87)86(66-53-40-46-59-79(88)89)65-52-38-30-36-48-62-82(92)95-78(57-44-33-24-19-14-9-4)58-45-34-25-20-15-10-5/h76-78,87H,6-75H2,1-5H3,(H,88,89)/t76-/m0/s1. The van der Waals surface area contributed by atoms with Crippen LogP contribution in [-0.2, 0) is 33.4 Å². The molecule has 0 aromatic heterocycles. The summed E-state index contributed by atoms with van der Waals surface area (Å²) in [6, 6.07) is 0.0362. The number of aliphatic hydroxyl groups is 1. The fraction of sp³-hybridized carbons (Fsp3) is 0.951. The minimum absolute atomic E-state index is 0.00811. The van der Waals surface area contributed by atoms with E-state index in [1.54, 1.807) is 0 Å². The number of carbonyl (C=O) groups excluding carboxylic acids is 3. The van der Waals surface area contributed by atoms with E-state index in [-0.39, 0.29) is 49.2 Å². The van der Waals surface area contributed by atoms with Crippen LogP contribution < -0.4 is 0 Å². The van der Waals surface area contributed by atoms with E-state index in [2.05, 4.69) is 54.2 Å². The molecule has 562 valence electrons. The number of aliphatic hydroxyl groups excluding tert-OH is 1. The molecule has 1 aliphatic heterocycles. The summed E-state index contributed by atoms with van der Waals surface area (Å²) in [4.78, 5) is 60.5. The van der Waals surface area contributed by atoms with E-state index in [1.807, 2.05) is 0 Å². The number of carboxylic acids is 1. The molecule has 0 saturated carbocycles. The summed E-state index contributed by atoms with van der Waals surface area (Å²) in [6.45, 7) is 22.7. The minimum atomic E-state index is -0.736. The van der Waals surface area contributed by atoms with Crippen LogP contribution in [0, 0.1) is 0 Å². The van der Waals surface area contributed by atoms with Crippen LogP contribution in [0.5, 0.6) is 0 Å². The number of hydrogen-bond acceptors (Lipinski definition) is 12. The van der Waals surface area contributed by atoms with Crippen molar-refractivity contribution in [3.63, 3.8) is 0 Å². The van der Waals surface area contributed by atoms with Gasteiger partial charge in [-0.25, -0.2) is 0 Å². The average Bonchev–Trinajstić information content (AvgIpc) is 1.03. The predicted octanol–water partition coefficient (Wildman–Crippen LogP) is 21.4. The second-order valence-corrected chi connectivity index (χ2v) is 29.4. The molecule has 13 heteroatoms. The van der Waals surface area contributed by atoms with Crippen LogP contribution in [0.2, 0.25) is 0 Å². The minimum Gasteiger partial charge on any atom is -0.481 e. The van der Waals surface area contributed by atoms with Crippen LogP contribution in [0.25, 0.3) is 0 Å². The number of carboxylic acid groups (broad SMARTS) is 1. The predicted molar refractivity (Wildman–Crippen MR) is 402 cm³/mol. The van der Waals surface area contributed by atoms with Crippen LogP contribution in [-0.4, -0.2) is 157 Å². The molecule has 1 atom stereocenters. The summed E-state index contributed by atoms with van der Waals surface area (Å²) in [5, 5.41) is 20.2. The number of hydrogen-bond donors (Lipinski definition) is 2. The Hall–Kier alpha value is -2.32. The second-order valence-electron chi connectivity index (χ2n) is 29.4. The normalized spacial score (nSPS) is 13.5. The SMILES string of the molecule is CCCCCCCCCCCOC(=O)CCCCCN(CCCCCCCC(=O)OC(CCCCCCCC)CCCCCCCC)CCN1CCN(C[C@@H](CO)N(CCCCCCCC(=O)OC(CCCCCCCC)CCCCCCCC)CCCCCC(=O)O)CC1. The number of unbranched alkanes of at least 4 members (excludes halogenated alkanes) is 40. The number of esters is 3. The lowest BCUT2D eigenvalue weighted by Crippen LogP contribution is -2.53. The van der Waals surface area contributed by atoms with Crippen molar-refractivity contribution in [2.45, 2.75) is 419 Å². The highest BCUT2D eigenvalue weighted by Gasteiger charge is 2.25. The largest absolute Gasteiger partial charge is 0.481 e. The number of piperazine rings is 1. The maximum atomic E-state index is 13.1. The van der Waals surface area contributed by atoms with Gasteiger partial charge in [-0.05, 0) is 135 Å². The van der Waals surface area contributed by atoms with Crippen LogP contribution in [0.1, 0.15) is 401 Å². The van der Waals surface area contributed by atoms with Gasteiger partial charge in [0.2, 0.25) is 0 Å². The Labute approximate surface area is 588 Å². The number of aliphatic carboxylic acids is 1. The Morgan fingerprint density at radius 2 is 0.653 bits per heavy atom. The molecule has 1 rings (SSSR count). The van der Waals surface area contributed by atoms with Crippen molar-refractivity contribution in [2.75, 3.05) is 85.2 Å². The van der Waals surface area contributed by atoms with Gasteiger partial charge in [0.1, 0.15) is 12.2 Å². The molecule has 2 N–H and O–H groups in total. The Bertz CT molecular complexity index is 1630. The fourth-order valence-corrected chi connectivity index (χ4v) is 14.0. The van der Waals surface area contributed by atoms with Gasteiger partial charge >= 0.3 is 23.9 Å². The molecule has 0 radical (unpaired) electrons. The second kappa shape index (κ2) is 70.1. The first-order chi connectivity index (χ1) is 46.6. The summed E-state index contributed by atoms with van der Waals surface area (Å²) < 4.78 is 17.9. The van der Waals surface area contributed by atoms with Gasteiger partial charge < -0.3 is 29.3 Å². The van der Waals surface area contributed by atoms with Gasteiger partial charge in [0, 0.05) is 77.5 Å². The zero-order valence-corrected chi connectivity index (χ0v) is 63.8. The third-order valence-electron chi connectivity index (χ3n) is 20.4. The van der Waals surface area contributed by atoms with Crippen molar-refractivity contribution in [3.05, 3.63) is 0 Å². The highest BCUT2D eigenvalue weighted by atomic mass is 16.5. The molecular weight excluding hydrogens is 1180 g/mol. The molecule has 1 fully saturated rings. The molecule has 95 heavy (non-hydrogen) atoms. The molecular formula is C82H160N4O9. The number of carbonyl (C=O) groups is 4. The van der Waals surface area contributed by atoms with E-state index in [0.29, 0.717) is 32.3 Å². The van der Waals surface area contributed by atoms with Crippen molar-refractivity contribution in [1.82, 2.24) is 19.6 Å². The highest BCUT2D eigenvalue weighted by Crippen LogP contribution is 2.22. The Kier molecular flexibility index (Phi) is 66.9. The third-order valence-corrected chi connectivity index (χ3v) is 20.4. The Balaban J connectivity index is 2.76. The average molecular weight is 1350 g/mol. The van der Waals surface area contributed by atoms with Crippen LogP contribution in [0.3, 0.4) is 0 Å². The first-order valence-corrected chi connectivity index (χ1v) is 41.9. The molecule has 0 aromatic carbocycles. The molecule has 1 aliphatic rings. The lowest BCUT2D eigenvalue weighted by Gasteiger charge is -2.39. The lowest BCUT2D eigenvalue weighted by molar-refractivity contribution is -0.151. The molecule has 0 unspecified atom stereocenters. The van der Waals surface area contributed by atoms with E-state index < -0.39 is 5.97 Å². The zero-order valence-electron chi connectivity index (χ0n) is 63.8. The van der Waals surface area contributed by atoms with Gasteiger partial charge in [0.05, 0.1) is 13.2 Å². The number of nitrogens with zero attached hydrogens (tertiary/aromatic N) is 4. The maximum absolute atomic E-state index is 13.1. The van der Waals surface area contributed by atoms with E-state index in [0.717, 1.165) is 233 Å². The summed E-state index contributed by atoms with van der Waals surface area (Å²) >= 11 is 0. The third kappa shape index (κ3) is 60.2. The maximum Gasteiger partial charge on any atom is 0.306 e. The van der Waals surface area contributed by atoms with Gasteiger partial charge in [-0.3, -0.25) is 33.9 Å². The van der Waals surface area contributed by atoms with Crippen LogP contribution in [0.15, 0.2) is 0 Å². The molecule has 1 heterocycles. The number of rotatable bonds is 75. The van der Waals surface area contributed by atoms with E-state index in [1.165, 1.54) is 173 Å². The lowest BCUT2D eigenvalue weighted by atomic mass is 10.0. The first-order valence-electron chi connectivity index (χ1n) is 41.9. The highest BCUT2D eigenvalue weighted by molar-refractivity contribution is 5.70. The van der Waals surface area contributed by atoms with Crippen LogP contribution >= 0.6 is 0 Å². The monoisotopic (exact) mass is 1350 g/mol. The molecule has 0 aromatic rings. The summed E-state index contributed by atoms with van der Waals surface area (Å²) in [7, 11) is 0. The Morgan fingerprint density at radius 1 is 0.347 bits per heavy atom. The van der Waals surface area contributed by atoms with Gasteiger partial charge in [-0.2, -0.15) is 0 Å². The van der Waals surface area contributed by atoms with Crippen molar-refractivity contribution >= 4 is 23.9 Å². The van der Waals surface area contributed by atoms with Crippen molar-refractivity contribution in [2.24, 2.45) is 0 Å². The molecule has 0 amide bonds. The van der Waals surface area contributed by atoms with Crippen molar-refractivity contribution < 1.29 is 43.6 Å². The van der Waals surface area contributed by atoms with Gasteiger partial charge in [0.25, 0.3) is 0 Å². The van der Waals surface area contributed by atoms with Crippen molar-refractivity contribution in [1.29, 1.82) is 0 Å². The van der Waals surface area contributed by atoms with E-state index >= 15 is 0 Å². The van der Waals surface area contributed by atoms with E-state index in [4.69, 9.17) is 14.2 Å². The molecule has 1 saturated heterocycles. The van der Waals surface area contributed by atoms with Crippen molar-refractivity contribution in [3.8, 4) is 0 Å². The molecule has 0 bridgehead atoms. The smallest absolute Gasteiger partial charge is 0.306 e. The topological polar surface area (TPSA) is 149 Å². The van der Waals surface area contributed by atoms with Crippen LogP contribution in [0.4, 0.5) is 0 Å². The van der Waals surface area contributed by atoms with Gasteiger partial charge in [-0.1, -0.05) is 266 Å². The molecule has 13 nitrogen and oxygen atoms in total. The Morgan fingerprint density at radius 3 is 1.03 bits per heavy atom. The first kappa shape index (κ1) is 90.7. The quantitative estimate of drug-likeness (QED) is 0.0338. The zero-order chi connectivity index (χ0) is 69.0. The van der Waals surface area contributed by atoms with E-state index in [9.17, 15) is 29.4 Å². The summed E-state index contributed by atoms with van der Waals surface area (Å²) in [6.07, 6.45) is 63.5. The molecule has 0 spiro atoms. The molecule has 0 aliphatic carbocycles. The summed E-state index contributed by atoms with van der Waals surface area (Å²) in [5.74, 6) is -0.785. The number of ether oxygens (including phenoxy) is 3. The van der Waals surface area contributed by atoms with Gasteiger partial charge in [0.15, 0.2) is 0 Å². The fourth-order valence-electron chi connectivity index (χ4n) is 14.0.